The van der Waals surface area contributed by atoms with Gasteiger partial charge in [-0.3, -0.25) is 4.79 Å². The van der Waals surface area contributed by atoms with Crippen molar-refractivity contribution < 1.29 is 13.6 Å². The molecule has 1 aromatic carbocycles. The van der Waals surface area contributed by atoms with Crippen LogP contribution in [0.15, 0.2) is 39.4 Å². The van der Waals surface area contributed by atoms with Gasteiger partial charge in [0, 0.05) is 24.0 Å². The summed E-state index contributed by atoms with van der Waals surface area (Å²) in [5, 5.41) is 12.3. The summed E-state index contributed by atoms with van der Waals surface area (Å²) in [7, 11) is 0. The van der Waals surface area contributed by atoms with E-state index in [-0.39, 0.29) is 16.8 Å². The molecule has 1 saturated heterocycles. The molecule has 0 saturated carbocycles. The van der Waals surface area contributed by atoms with Crippen molar-refractivity contribution in [3.05, 3.63) is 57.3 Å². The van der Waals surface area contributed by atoms with E-state index in [2.05, 4.69) is 10.2 Å². The number of halogens is 2. The molecular formula is C18H15ClFN3O2S. The Morgan fingerprint density at radius 1 is 1.35 bits per heavy atom. The standard InChI is InChI=1S/C18H15ClFN3O2S/c19-15-8-13(20)3-4-14(15)18(24)23-6-1-2-11(9-23)16-21-22-17(25-16)12-5-7-26-10-12/h3-5,7-8,10-11H,1-2,6,9H2/t11-/m1/s1. The van der Waals surface area contributed by atoms with Crippen LogP contribution in [0.25, 0.3) is 11.5 Å². The molecular weight excluding hydrogens is 377 g/mol. The molecule has 0 bridgehead atoms. The van der Waals surface area contributed by atoms with E-state index in [1.54, 1.807) is 16.2 Å². The molecule has 3 heterocycles. The summed E-state index contributed by atoms with van der Waals surface area (Å²) in [5.41, 5.74) is 1.20. The first-order valence-corrected chi connectivity index (χ1v) is 9.54. The number of aromatic nitrogens is 2. The Labute approximate surface area is 158 Å². The third-order valence-corrected chi connectivity index (χ3v) is 5.42. The maximum Gasteiger partial charge on any atom is 0.255 e. The average Bonchev–Trinajstić information content (AvgIpc) is 3.33. The van der Waals surface area contributed by atoms with E-state index in [9.17, 15) is 9.18 Å². The molecule has 26 heavy (non-hydrogen) atoms. The molecule has 1 aliphatic heterocycles. The molecule has 134 valence electrons. The van der Waals surface area contributed by atoms with Crippen LogP contribution < -0.4 is 0 Å². The van der Waals surface area contributed by atoms with Gasteiger partial charge in [0.25, 0.3) is 5.91 Å². The summed E-state index contributed by atoms with van der Waals surface area (Å²) in [5.74, 6) is 0.333. The Kier molecular flexibility index (Phi) is 4.74. The molecule has 0 N–H and O–H groups in total. The highest BCUT2D eigenvalue weighted by atomic mass is 35.5. The lowest BCUT2D eigenvalue weighted by Gasteiger charge is -2.31. The lowest BCUT2D eigenvalue weighted by atomic mass is 9.97. The molecule has 0 aliphatic carbocycles. The van der Waals surface area contributed by atoms with Crippen LogP contribution in [0.3, 0.4) is 0 Å². The smallest absolute Gasteiger partial charge is 0.255 e. The Balaban J connectivity index is 1.51. The number of carbonyl (C=O) groups excluding carboxylic acids is 1. The zero-order valence-corrected chi connectivity index (χ0v) is 15.3. The number of likely N-dealkylation sites (tertiary alicyclic amines) is 1. The van der Waals surface area contributed by atoms with E-state index in [1.807, 2.05) is 16.8 Å². The maximum atomic E-state index is 13.2. The Morgan fingerprint density at radius 3 is 3.00 bits per heavy atom. The fourth-order valence-electron chi connectivity index (χ4n) is 3.10. The van der Waals surface area contributed by atoms with Gasteiger partial charge in [0.2, 0.25) is 11.8 Å². The third-order valence-electron chi connectivity index (χ3n) is 4.43. The van der Waals surface area contributed by atoms with Gasteiger partial charge in [-0.25, -0.2) is 4.39 Å². The molecule has 1 aliphatic rings. The van der Waals surface area contributed by atoms with Crippen LogP contribution >= 0.6 is 22.9 Å². The molecule has 1 atom stereocenters. The first-order valence-electron chi connectivity index (χ1n) is 8.22. The highest BCUT2D eigenvalue weighted by molar-refractivity contribution is 7.08. The zero-order chi connectivity index (χ0) is 18.1. The number of amides is 1. The van der Waals surface area contributed by atoms with Gasteiger partial charge in [0.1, 0.15) is 5.82 Å². The highest BCUT2D eigenvalue weighted by Crippen LogP contribution is 2.30. The van der Waals surface area contributed by atoms with Crippen molar-refractivity contribution >= 4 is 28.8 Å². The minimum atomic E-state index is -0.463. The highest BCUT2D eigenvalue weighted by Gasteiger charge is 2.30. The summed E-state index contributed by atoms with van der Waals surface area (Å²) in [6.07, 6.45) is 1.69. The van der Waals surface area contributed by atoms with Crippen LogP contribution in [0.4, 0.5) is 4.39 Å². The Hall–Kier alpha value is -2.25. The Morgan fingerprint density at radius 2 is 2.23 bits per heavy atom. The van der Waals surface area contributed by atoms with Crippen molar-refractivity contribution in [3.8, 4) is 11.5 Å². The minimum Gasteiger partial charge on any atom is -0.420 e. The Bertz CT molecular complexity index is 928. The van der Waals surface area contributed by atoms with Gasteiger partial charge >= 0.3 is 0 Å². The summed E-state index contributed by atoms with van der Waals surface area (Å²) in [6.45, 7) is 1.09. The van der Waals surface area contributed by atoms with Crippen LogP contribution in [-0.2, 0) is 0 Å². The topological polar surface area (TPSA) is 59.2 Å². The third kappa shape index (κ3) is 3.37. The molecule has 0 radical (unpaired) electrons. The van der Waals surface area contributed by atoms with E-state index in [0.717, 1.165) is 24.5 Å². The predicted octanol–water partition coefficient (Wildman–Crippen LogP) is 4.61. The van der Waals surface area contributed by atoms with E-state index in [4.69, 9.17) is 16.0 Å². The summed E-state index contributed by atoms with van der Waals surface area (Å²) < 4.78 is 19.0. The number of carbonyl (C=O) groups is 1. The van der Waals surface area contributed by atoms with E-state index < -0.39 is 5.82 Å². The van der Waals surface area contributed by atoms with E-state index >= 15 is 0 Å². The first-order chi connectivity index (χ1) is 12.6. The second-order valence-electron chi connectivity index (χ2n) is 6.17. The van der Waals surface area contributed by atoms with Gasteiger partial charge in [-0.15, -0.1) is 10.2 Å². The van der Waals surface area contributed by atoms with Crippen LogP contribution in [0.2, 0.25) is 5.02 Å². The molecule has 5 nitrogen and oxygen atoms in total. The van der Waals surface area contributed by atoms with Gasteiger partial charge in [-0.1, -0.05) is 11.6 Å². The average molecular weight is 392 g/mol. The van der Waals surface area contributed by atoms with Gasteiger partial charge < -0.3 is 9.32 Å². The molecule has 3 aromatic rings. The monoisotopic (exact) mass is 391 g/mol. The van der Waals surface area contributed by atoms with E-state index in [1.165, 1.54) is 12.1 Å². The normalized spacial score (nSPS) is 17.5. The molecule has 0 unspecified atom stereocenters. The zero-order valence-electron chi connectivity index (χ0n) is 13.7. The van der Waals surface area contributed by atoms with Gasteiger partial charge in [0.15, 0.2) is 0 Å². The maximum absolute atomic E-state index is 13.2. The molecule has 4 rings (SSSR count). The minimum absolute atomic E-state index is 0.0215. The number of thiophene rings is 1. The van der Waals surface area contributed by atoms with Gasteiger partial charge in [-0.2, -0.15) is 11.3 Å². The van der Waals surface area contributed by atoms with Crippen LogP contribution in [0.1, 0.15) is 35.0 Å². The number of benzene rings is 1. The summed E-state index contributed by atoms with van der Waals surface area (Å²) >= 11 is 7.59. The number of hydrogen-bond donors (Lipinski definition) is 0. The molecule has 8 heteroatoms. The lowest BCUT2D eigenvalue weighted by molar-refractivity contribution is 0.0698. The van der Waals surface area contributed by atoms with Crippen LogP contribution in [0.5, 0.6) is 0 Å². The molecule has 1 fully saturated rings. The number of nitrogens with zero attached hydrogens (tertiary/aromatic N) is 3. The van der Waals surface area contributed by atoms with E-state index in [0.29, 0.717) is 30.4 Å². The van der Waals surface area contributed by atoms with Crippen molar-refractivity contribution in [1.29, 1.82) is 0 Å². The fraction of sp³-hybridized carbons (Fsp3) is 0.278. The van der Waals surface area contributed by atoms with Crippen molar-refractivity contribution in [2.45, 2.75) is 18.8 Å². The SMILES string of the molecule is O=C(c1ccc(F)cc1Cl)N1CCC[C@@H](c2nnc(-c3ccsc3)o2)C1. The molecule has 0 spiro atoms. The van der Waals surface area contributed by atoms with Crippen molar-refractivity contribution in [1.82, 2.24) is 15.1 Å². The van der Waals surface area contributed by atoms with Crippen LogP contribution in [0, 0.1) is 5.82 Å². The van der Waals surface area contributed by atoms with Crippen LogP contribution in [-0.4, -0.2) is 34.1 Å². The van der Waals surface area contributed by atoms with Crippen molar-refractivity contribution in [3.63, 3.8) is 0 Å². The number of rotatable bonds is 3. The van der Waals surface area contributed by atoms with Gasteiger partial charge in [0.05, 0.1) is 16.5 Å². The fourth-order valence-corrected chi connectivity index (χ4v) is 3.98. The summed E-state index contributed by atoms with van der Waals surface area (Å²) in [6, 6.07) is 5.74. The summed E-state index contributed by atoms with van der Waals surface area (Å²) in [4.78, 5) is 14.5. The number of piperidine rings is 1. The lowest BCUT2D eigenvalue weighted by Crippen LogP contribution is -2.39. The largest absolute Gasteiger partial charge is 0.420 e. The number of hydrogen-bond acceptors (Lipinski definition) is 5. The molecule has 1 amide bonds. The predicted molar refractivity (Wildman–Crippen MR) is 96.9 cm³/mol. The molecule has 2 aromatic heterocycles. The quantitative estimate of drug-likeness (QED) is 0.654. The second kappa shape index (κ2) is 7.17. The van der Waals surface area contributed by atoms with Gasteiger partial charge in [-0.05, 0) is 42.5 Å². The van der Waals surface area contributed by atoms with Crippen molar-refractivity contribution in [2.75, 3.05) is 13.1 Å². The van der Waals surface area contributed by atoms with Crippen molar-refractivity contribution in [2.24, 2.45) is 0 Å². The first kappa shape index (κ1) is 17.2. The second-order valence-corrected chi connectivity index (χ2v) is 7.36.